The lowest BCUT2D eigenvalue weighted by Gasteiger charge is -2.35. The van der Waals surface area contributed by atoms with E-state index in [1.165, 1.54) is 11.1 Å². The van der Waals surface area contributed by atoms with Crippen molar-refractivity contribution >= 4 is 34.9 Å². The molecule has 1 aliphatic heterocycles. The number of nitrogens with one attached hydrogen (secondary N) is 1. The lowest BCUT2D eigenvalue weighted by Crippen LogP contribution is -2.52. The van der Waals surface area contributed by atoms with Gasteiger partial charge in [-0.05, 0) is 17.6 Å². The first-order valence-corrected chi connectivity index (χ1v) is 7.44. The fourth-order valence-electron chi connectivity index (χ4n) is 2.29. The van der Waals surface area contributed by atoms with Crippen molar-refractivity contribution in [3.8, 4) is 0 Å². The molecule has 0 aliphatic carbocycles. The Bertz CT molecular complexity index is 677. The molecule has 2 amide bonds. The van der Waals surface area contributed by atoms with E-state index < -0.39 is 6.04 Å². The summed E-state index contributed by atoms with van der Waals surface area (Å²) >= 11 is 7.19. The molecule has 108 valence electrons. The van der Waals surface area contributed by atoms with Gasteiger partial charge in [0, 0.05) is 23.7 Å². The van der Waals surface area contributed by atoms with E-state index in [9.17, 15) is 9.59 Å². The Morgan fingerprint density at radius 3 is 2.95 bits per heavy atom. The number of piperazine rings is 1. The maximum absolute atomic E-state index is 12.5. The SMILES string of the molecule is O=C1NCCN(C(=O)c2cnns2)C1c1ccccc1Cl. The maximum Gasteiger partial charge on any atom is 0.268 e. The van der Waals surface area contributed by atoms with Crippen LogP contribution in [0.15, 0.2) is 30.5 Å². The molecule has 3 rings (SSSR count). The third-order valence-corrected chi connectivity index (χ3v) is 4.24. The fourth-order valence-corrected chi connectivity index (χ4v) is 3.01. The van der Waals surface area contributed by atoms with Crippen LogP contribution in [0.5, 0.6) is 0 Å². The van der Waals surface area contributed by atoms with Crippen LogP contribution in [0.1, 0.15) is 21.3 Å². The predicted octanol–water partition coefficient (Wildman–Crippen LogP) is 1.50. The molecule has 0 bridgehead atoms. The Balaban J connectivity index is 1.99. The van der Waals surface area contributed by atoms with Crippen molar-refractivity contribution in [2.75, 3.05) is 13.1 Å². The van der Waals surface area contributed by atoms with Crippen molar-refractivity contribution in [2.45, 2.75) is 6.04 Å². The van der Waals surface area contributed by atoms with Gasteiger partial charge in [-0.2, -0.15) is 0 Å². The summed E-state index contributed by atoms with van der Waals surface area (Å²) in [4.78, 5) is 26.7. The normalized spacial score (nSPS) is 18.4. The standard InChI is InChI=1S/C13H11ClN4O2S/c14-9-4-2-1-3-8(9)11-12(19)15-5-6-18(11)13(20)10-7-16-17-21-10/h1-4,7,11H,5-6H2,(H,15,19). The minimum Gasteiger partial charge on any atom is -0.352 e. The zero-order chi connectivity index (χ0) is 14.8. The average Bonchev–Trinajstić information content (AvgIpc) is 3.01. The van der Waals surface area contributed by atoms with Gasteiger partial charge >= 0.3 is 0 Å². The highest BCUT2D eigenvalue weighted by Gasteiger charge is 2.36. The summed E-state index contributed by atoms with van der Waals surface area (Å²) in [5.41, 5.74) is 0.613. The number of halogens is 1. The van der Waals surface area contributed by atoms with Crippen molar-refractivity contribution < 1.29 is 9.59 Å². The zero-order valence-corrected chi connectivity index (χ0v) is 12.4. The predicted molar refractivity (Wildman–Crippen MR) is 78.1 cm³/mol. The highest BCUT2D eigenvalue weighted by molar-refractivity contribution is 7.07. The van der Waals surface area contributed by atoms with Crippen LogP contribution in [0, 0.1) is 0 Å². The number of amides is 2. The van der Waals surface area contributed by atoms with Crippen LogP contribution in [0.2, 0.25) is 5.02 Å². The van der Waals surface area contributed by atoms with Gasteiger partial charge in [0.15, 0.2) is 0 Å². The third-order valence-electron chi connectivity index (χ3n) is 3.24. The second kappa shape index (κ2) is 5.79. The van der Waals surface area contributed by atoms with Crippen molar-refractivity contribution in [3.63, 3.8) is 0 Å². The van der Waals surface area contributed by atoms with Crippen molar-refractivity contribution in [1.82, 2.24) is 19.8 Å². The highest BCUT2D eigenvalue weighted by Crippen LogP contribution is 2.30. The van der Waals surface area contributed by atoms with Crippen molar-refractivity contribution in [1.29, 1.82) is 0 Å². The lowest BCUT2D eigenvalue weighted by molar-refractivity contribution is -0.128. The highest BCUT2D eigenvalue weighted by atomic mass is 35.5. The average molecular weight is 323 g/mol. The van der Waals surface area contributed by atoms with Crippen LogP contribution >= 0.6 is 23.1 Å². The third kappa shape index (κ3) is 2.62. The molecular formula is C13H11ClN4O2S. The number of hydrogen-bond acceptors (Lipinski definition) is 5. The quantitative estimate of drug-likeness (QED) is 0.909. The summed E-state index contributed by atoms with van der Waals surface area (Å²) in [5, 5.41) is 6.89. The summed E-state index contributed by atoms with van der Waals surface area (Å²) < 4.78 is 3.69. The molecular weight excluding hydrogens is 312 g/mol. The number of aromatic nitrogens is 2. The first kappa shape index (κ1) is 14.0. The van der Waals surface area contributed by atoms with Gasteiger partial charge in [-0.1, -0.05) is 34.3 Å². The van der Waals surface area contributed by atoms with Gasteiger partial charge in [0.2, 0.25) is 5.91 Å². The summed E-state index contributed by atoms with van der Waals surface area (Å²) in [6, 6.07) is 6.30. The topological polar surface area (TPSA) is 75.2 Å². The molecule has 21 heavy (non-hydrogen) atoms. The molecule has 1 saturated heterocycles. The smallest absolute Gasteiger partial charge is 0.268 e. The molecule has 0 radical (unpaired) electrons. The molecule has 1 N–H and O–H groups in total. The van der Waals surface area contributed by atoms with Gasteiger partial charge in [0.25, 0.3) is 5.91 Å². The van der Waals surface area contributed by atoms with E-state index in [-0.39, 0.29) is 11.8 Å². The van der Waals surface area contributed by atoms with E-state index >= 15 is 0 Å². The summed E-state index contributed by atoms with van der Waals surface area (Å²) in [7, 11) is 0. The molecule has 2 heterocycles. The van der Waals surface area contributed by atoms with Crippen molar-refractivity contribution in [2.24, 2.45) is 0 Å². The monoisotopic (exact) mass is 322 g/mol. The van der Waals surface area contributed by atoms with Crippen LogP contribution in [-0.2, 0) is 4.79 Å². The van der Waals surface area contributed by atoms with Gasteiger partial charge in [-0.3, -0.25) is 9.59 Å². The number of nitrogens with zero attached hydrogens (tertiary/aromatic N) is 3. The minimum atomic E-state index is -0.734. The second-order valence-corrected chi connectivity index (χ2v) is 5.69. The molecule has 0 saturated carbocycles. The van der Waals surface area contributed by atoms with Gasteiger partial charge in [0.1, 0.15) is 10.9 Å². The van der Waals surface area contributed by atoms with Crippen molar-refractivity contribution in [3.05, 3.63) is 45.9 Å². The minimum absolute atomic E-state index is 0.236. The van der Waals surface area contributed by atoms with Gasteiger partial charge in [-0.25, -0.2) is 0 Å². The number of carbonyl (C=O) groups is 2. The van der Waals surface area contributed by atoms with E-state index in [0.29, 0.717) is 28.6 Å². The maximum atomic E-state index is 12.5. The first-order valence-electron chi connectivity index (χ1n) is 6.29. The molecule has 0 spiro atoms. The summed E-state index contributed by atoms with van der Waals surface area (Å²) in [6.07, 6.45) is 1.41. The molecule has 2 aromatic rings. The number of carbonyl (C=O) groups excluding carboxylic acids is 2. The van der Waals surface area contributed by atoms with E-state index in [1.807, 2.05) is 0 Å². The van der Waals surface area contributed by atoms with E-state index in [2.05, 4.69) is 14.9 Å². The molecule has 1 fully saturated rings. The molecule has 1 aromatic carbocycles. The Hall–Kier alpha value is -1.99. The molecule has 6 nitrogen and oxygen atoms in total. The van der Waals surface area contributed by atoms with Gasteiger partial charge in [-0.15, -0.1) is 5.10 Å². The van der Waals surface area contributed by atoms with E-state index in [1.54, 1.807) is 24.3 Å². The van der Waals surface area contributed by atoms with Crippen LogP contribution in [0.25, 0.3) is 0 Å². The van der Waals surface area contributed by atoms with E-state index in [0.717, 1.165) is 11.5 Å². The Morgan fingerprint density at radius 2 is 2.24 bits per heavy atom. The zero-order valence-electron chi connectivity index (χ0n) is 10.8. The number of rotatable bonds is 2. The molecule has 1 unspecified atom stereocenters. The Kier molecular flexibility index (Phi) is 3.85. The first-order chi connectivity index (χ1) is 10.2. The van der Waals surface area contributed by atoms with E-state index in [4.69, 9.17) is 11.6 Å². The molecule has 1 atom stereocenters. The second-order valence-electron chi connectivity index (χ2n) is 4.50. The Morgan fingerprint density at radius 1 is 1.43 bits per heavy atom. The molecule has 8 heteroatoms. The summed E-state index contributed by atoms with van der Waals surface area (Å²) in [6.45, 7) is 0.829. The summed E-state index contributed by atoms with van der Waals surface area (Å²) in [5.74, 6) is -0.495. The van der Waals surface area contributed by atoms with Crippen LogP contribution in [-0.4, -0.2) is 39.4 Å². The Labute approximate surface area is 129 Å². The van der Waals surface area contributed by atoms with Crippen LogP contribution < -0.4 is 5.32 Å². The van der Waals surface area contributed by atoms with Gasteiger partial charge < -0.3 is 10.2 Å². The molecule has 1 aromatic heterocycles. The lowest BCUT2D eigenvalue weighted by atomic mass is 10.0. The van der Waals surface area contributed by atoms with Crippen LogP contribution in [0.3, 0.4) is 0 Å². The largest absolute Gasteiger partial charge is 0.352 e. The van der Waals surface area contributed by atoms with Crippen LogP contribution in [0.4, 0.5) is 0 Å². The number of hydrogen-bond donors (Lipinski definition) is 1. The number of benzene rings is 1. The fraction of sp³-hybridized carbons (Fsp3) is 0.231. The van der Waals surface area contributed by atoms with Gasteiger partial charge in [0.05, 0.1) is 6.20 Å². The molecule has 1 aliphatic rings.